The maximum Gasteiger partial charge on any atom is 0.0459 e. The van der Waals surface area contributed by atoms with Crippen molar-refractivity contribution in [1.29, 1.82) is 0 Å². The number of anilines is 1. The summed E-state index contributed by atoms with van der Waals surface area (Å²) >= 11 is 0. The third-order valence-electron chi connectivity index (χ3n) is 5.81. The van der Waals surface area contributed by atoms with Crippen LogP contribution >= 0.6 is 0 Å². The van der Waals surface area contributed by atoms with E-state index in [1.165, 1.54) is 39.0 Å². The van der Waals surface area contributed by atoms with E-state index < -0.39 is 0 Å². The predicted octanol–water partition coefficient (Wildman–Crippen LogP) is 6.04. The van der Waals surface area contributed by atoms with Gasteiger partial charge in [0.1, 0.15) is 0 Å². The molecule has 2 nitrogen and oxygen atoms in total. The molecule has 3 aromatic carbocycles. The van der Waals surface area contributed by atoms with Gasteiger partial charge in [0.15, 0.2) is 0 Å². The molecule has 27 heavy (non-hydrogen) atoms. The molecule has 5 rings (SSSR count). The first-order chi connectivity index (χ1) is 13.3. The van der Waals surface area contributed by atoms with E-state index in [-0.39, 0.29) is 0 Å². The highest BCUT2D eigenvalue weighted by Crippen LogP contribution is 2.42. The smallest absolute Gasteiger partial charge is 0.0459 e. The highest BCUT2D eigenvalue weighted by molar-refractivity contribution is 5.86. The summed E-state index contributed by atoms with van der Waals surface area (Å²) in [6, 6.07) is 28.8. The van der Waals surface area contributed by atoms with E-state index >= 15 is 0 Å². The third-order valence-corrected chi connectivity index (χ3v) is 5.81. The summed E-state index contributed by atoms with van der Waals surface area (Å²) in [4.78, 5) is 3.68. The number of rotatable bonds is 3. The number of H-pyrrole nitrogens is 1. The van der Waals surface area contributed by atoms with E-state index in [0.29, 0.717) is 12.0 Å². The molecule has 0 radical (unpaired) electrons. The SMILES string of the molecule is Cc1ccc(C2c3c([nH]c4ccccc34)CCC2Nc2ccccc2)cc1. The van der Waals surface area contributed by atoms with Gasteiger partial charge in [0, 0.05) is 34.2 Å². The van der Waals surface area contributed by atoms with Crippen LogP contribution in [-0.2, 0) is 6.42 Å². The van der Waals surface area contributed by atoms with Crippen LogP contribution in [0.2, 0.25) is 0 Å². The quantitative estimate of drug-likeness (QED) is 0.462. The Morgan fingerprint density at radius 1 is 0.852 bits per heavy atom. The largest absolute Gasteiger partial charge is 0.381 e. The minimum atomic E-state index is 0.339. The van der Waals surface area contributed by atoms with Crippen molar-refractivity contribution in [2.75, 3.05) is 5.32 Å². The second-order valence-corrected chi connectivity index (χ2v) is 7.61. The molecule has 2 atom stereocenters. The van der Waals surface area contributed by atoms with Crippen molar-refractivity contribution in [3.8, 4) is 0 Å². The molecule has 1 aliphatic rings. The van der Waals surface area contributed by atoms with Crippen LogP contribution in [-0.4, -0.2) is 11.0 Å². The average Bonchev–Trinajstić information content (AvgIpc) is 3.08. The number of benzene rings is 3. The summed E-state index contributed by atoms with van der Waals surface area (Å²) in [6.07, 6.45) is 2.20. The van der Waals surface area contributed by atoms with Crippen molar-refractivity contribution in [3.05, 3.63) is 101 Å². The number of para-hydroxylation sites is 2. The van der Waals surface area contributed by atoms with Crippen molar-refractivity contribution in [2.24, 2.45) is 0 Å². The average molecular weight is 352 g/mol. The molecule has 0 spiro atoms. The summed E-state index contributed by atoms with van der Waals surface area (Å²) in [5.74, 6) is 0.339. The van der Waals surface area contributed by atoms with Crippen molar-refractivity contribution in [2.45, 2.75) is 31.7 Å². The Morgan fingerprint density at radius 2 is 1.59 bits per heavy atom. The lowest BCUT2D eigenvalue weighted by Crippen LogP contribution is -2.32. The summed E-state index contributed by atoms with van der Waals surface area (Å²) in [5.41, 5.74) is 8.01. The van der Waals surface area contributed by atoms with Crippen molar-refractivity contribution >= 4 is 16.6 Å². The molecule has 0 saturated carbocycles. The predicted molar refractivity (Wildman–Crippen MR) is 113 cm³/mol. The molecule has 0 bridgehead atoms. The molecule has 2 heteroatoms. The van der Waals surface area contributed by atoms with E-state index in [0.717, 1.165) is 12.8 Å². The fourth-order valence-corrected chi connectivity index (χ4v) is 4.52. The Morgan fingerprint density at radius 3 is 2.41 bits per heavy atom. The Labute approximate surface area is 160 Å². The van der Waals surface area contributed by atoms with Gasteiger partial charge in [-0.15, -0.1) is 0 Å². The molecule has 4 aromatic rings. The monoisotopic (exact) mass is 352 g/mol. The Hall–Kier alpha value is -3.00. The van der Waals surface area contributed by atoms with Gasteiger partial charge < -0.3 is 10.3 Å². The molecule has 0 fully saturated rings. The van der Waals surface area contributed by atoms with Gasteiger partial charge in [-0.05, 0) is 49.1 Å². The second kappa shape index (κ2) is 6.62. The molecule has 2 unspecified atom stereocenters. The van der Waals surface area contributed by atoms with Crippen LogP contribution in [0.4, 0.5) is 5.69 Å². The fourth-order valence-electron chi connectivity index (χ4n) is 4.52. The van der Waals surface area contributed by atoms with Gasteiger partial charge in [0.05, 0.1) is 0 Å². The number of aromatic amines is 1. The van der Waals surface area contributed by atoms with Crippen LogP contribution in [0.5, 0.6) is 0 Å². The first kappa shape index (κ1) is 16.2. The van der Waals surface area contributed by atoms with E-state index in [9.17, 15) is 0 Å². The molecule has 0 saturated heterocycles. The maximum atomic E-state index is 3.83. The van der Waals surface area contributed by atoms with E-state index in [4.69, 9.17) is 0 Å². The lowest BCUT2D eigenvalue weighted by molar-refractivity contribution is 0.548. The first-order valence-electron chi connectivity index (χ1n) is 9.77. The van der Waals surface area contributed by atoms with Crippen LogP contribution in [0.25, 0.3) is 10.9 Å². The summed E-state index contributed by atoms with van der Waals surface area (Å²) < 4.78 is 0. The van der Waals surface area contributed by atoms with Crippen molar-refractivity contribution in [1.82, 2.24) is 4.98 Å². The van der Waals surface area contributed by atoms with Crippen molar-refractivity contribution < 1.29 is 0 Å². The van der Waals surface area contributed by atoms with Crippen LogP contribution in [0.15, 0.2) is 78.9 Å². The van der Waals surface area contributed by atoms with E-state index in [1.54, 1.807) is 0 Å². The molecule has 1 aromatic heterocycles. The molecule has 1 heterocycles. The number of aryl methyl sites for hydroxylation is 2. The number of nitrogens with one attached hydrogen (secondary N) is 2. The maximum absolute atomic E-state index is 3.83. The lowest BCUT2D eigenvalue weighted by Gasteiger charge is -2.34. The topological polar surface area (TPSA) is 27.8 Å². The molecule has 2 N–H and O–H groups in total. The Balaban J connectivity index is 1.65. The third kappa shape index (κ3) is 2.91. The summed E-state index contributed by atoms with van der Waals surface area (Å²) in [7, 11) is 0. The minimum Gasteiger partial charge on any atom is -0.381 e. The van der Waals surface area contributed by atoms with Gasteiger partial charge in [-0.25, -0.2) is 0 Å². The normalized spacial score (nSPS) is 19.0. The minimum absolute atomic E-state index is 0.339. The van der Waals surface area contributed by atoms with Gasteiger partial charge in [-0.2, -0.15) is 0 Å². The molecule has 0 amide bonds. The molecular formula is C25H24N2. The summed E-state index contributed by atoms with van der Waals surface area (Å²) in [5, 5.41) is 5.18. The van der Waals surface area contributed by atoms with Crippen LogP contribution in [0, 0.1) is 6.92 Å². The zero-order chi connectivity index (χ0) is 18.2. The zero-order valence-corrected chi connectivity index (χ0v) is 15.6. The van der Waals surface area contributed by atoms with Crippen molar-refractivity contribution in [3.63, 3.8) is 0 Å². The van der Waals surface area contributed by atoms with E-state index in [1.807, 2.05) is 0 Å². The number of hydrogen-bond donors (Lipinski definition) is 2. The standard InChI is InChI=1S/C25H24N2/c1-17-11-13-18(14-12-17)24-22(26-19-7-3-2-4-8-19)15-16-23-25(24)20-9-5-6-10-21(20)27-23/h2-14,22,24,26-27H,15-16H2,1H3. The Bertz CT molecular complexity index is 1060. The molecule has 134 valence electrons. The fraction of sp³-hybridized carbons (Fsp3) is 0.200. The summed E-state index contributed by atoms with van der Waals surface area (Å²) in [6.45, 7) is 2.15. The van der Waals surface area contributed by atoms with Gasteiger partial charge in [0.2, 0.25) is 0 Å². The number of aromatic nitrogens is 1. The van der Waals surface area contributed by atoms with Crippen LogP contribution in [0.1, 0.15) is 34.7 Å². The molecular weight excluding hydrogens is 328 g/mol. The highest BCUT2D eigenvalue weighted by atomic mass is 14.9. The number of hydrogen-bond acceptors (Lipinski definition) is 1. The first-order valence-corrected chi connectivity index (χ1v) is 9.77. The van der Waals surface area contributed by atoms with Gasteiger partial charge in [0.25, 0.3) is 0 Å². The van der Waals surface area contributed by atoms with Gasteiger partial charge in [-0.1, -0.05) is 66.2 Å². The molecule has 1 aliphatic carbocycles. The second-order valence-electron chi connectivity index (χ2n) is 7.61. The highest BCUT2D eigenvalue weighted by Gasteiger charge is 2.33. The van der Waals surface area contributed by atoms with Crippen LogP contribution < -0.4 is 5.32 Å². The number of fused-ring (bicyclic) bond motifs is 3. The van der Waals surface area contributed by atoms with E-state index in [2.05, 4.69) is 96.1 Å². The molecule has 0 aliphatic heterocycles. The zero-order valence-electron chi connectivity index (χ0n) is 15.6. The van der Waals surface area contributed by atoms with Gasteiger partial charge >= 0.3 is 0 Å². The Kier molecular flexibility index (Phi) is 3.97. The van der Waals surface area contributed by atoms with Gasteiger partial charge in [-0.3, -0.25) is 0 Å². The lowest BCUT2D eigenvalue weighted by atomic mass is 9.77. The van der Waals surface area contributed by atoms with Crippen LogP contribution in [0.3, 0.4) is 0 Å².